The van der Waals surface area contributed by atoms with E-state index in [0.29, 0.717) is 6.54 Å². The Morgan fingerprint density at radius 3 is 2.75 bits per heavy atom. The van der Waals surface area contributed by atoms with E-state index >= 15 is 0 Å². The van der Waals surface area contributed by atoms with Crippen molar-refractivity contribution in [1.82, 2.24) is 0 Å². The zero-order chi connectivity index (χ0) is 11.5. The molecule has 1 fully saturated rings. The number of nitrogens with two attached hydrogens (primary N) is 1. The Labute approximate surface area is 105 Å². The van der Waals surface area contributed by atoms with Gasteiger partial charge in [-0.25, -0.2) is 0 Å². The van der Waals surface area contributed by atoms with E-state index in [4.69, 9.17) is 10.5 Å². The van der Waals surface area contributed by atoms with Gasteiger partial charge in [-0.15, -0.1) is 0 Å². The lowest BCUT2D eigenvalue weighted by Gasteiger charge is -2.26. The summed E-state index contributed by atoms with van der Waals surface area (Å²) in [5.74, 6) is 1.68. The largest absolute Gasteiger partial charge is 0.492 e. The maximum absolute atomic E-state index is 5.89. The van der Waals surface area contributed by atoms with E-state index in [1.165, 1.54) is 24.8 Å². The van der Waals surface area contributed by atoms with Crippen molar-refractivity contribution in [3.8, 4) is 5.75 Å². The second kappa shape index (κ2) is 5.19. The molecule has 0 atom stereocenters. The van der Waals surface area contributed by atoms with Gasteiger partial charge in [-0.3, -0.25) is 0 Å². The third-order valence-electron chi connectivity index (χ3n) is 3.17. The molecule has 1 aromatic carbocycles. The fourth-order valence-corrected chi connectivity index (χ4v) is 2.70. The van der Waals surface area contributed by atoms with Crippen molar-refractivity contribution in [2.75, 3.05) is 6.61 Å². The molecule has 1 aromatic rings. The van der Waals surface area contributed by atoms with Crippen LogP contribution >= 0.6 is 15.9 Å². The fraction of sp³-hybridized carbons (Fsp3) is 0.538. The number of halogens is 1. The minimum atomic E-state index is 0.528. The van der Waals surface area contributed by atoms with Crippen LogP contribution in [0.3, 0.4) is 0 Å². The lowest BCUT2D eigenvalue weighted by molar-refractivity contribution is 0.178. The molecule has 88 valence electrons. The van der Waals surface area contributed by atoms with Crippen molar-refractivity contribution in [1.29, 1.82) is 0 Å². The maximum Gasteiger partial charge on any atom is 0.137 e. The van der Waals surface area contributed by atoms with Gasteiger partial charge in [0.05, 0.1) is 11.1 Å². The Balaban J connectivity index is 2.10. The first-order chi connectivity index (χ1) is 7.70. The van der Waals surface area contributed by atoms with Crippen LogP contribution in [0, 0.1) is 12.8 Å². The minimum absolute atomic E-state index is 0.528. The van der Waals surface area contributed by atoms with E-state index in [0.717, 1.165) is 28.3 Å². The van der Waals surface area contributed by atoms with Gasteiger partial charge < -0.3 is 10.5 Å². The summed E-state index contributed by atoms with van der Waals surface area (Å²) in [6.45, 7) is 3.43. The average molecular weight is 284 g/mol. The summed E-state index contributed by atoms with van der Waals surface area (Å²) < 4.78 is 6.91. The van der Waals surface area contributed by atoms with Gasteiger partial charge in [0.1, 0.15) is 5.75 Å². The molecule has 0 unspecified atom stereocenters. The van der Waals surface area contributed by atoms with Crippen molar-refractivity contribution < 1.29 is 4.74 Å². The zero-order valence-electron chi connectivity index (χ0n) is 9.63. The van der Waals surface area contributed by atoms with Gasteiger partial charge in [-0.05, 0) is 53.2 Å². The Morgan fingerprint density at radius 2 is 2.19 bits per heavy atom. The number of aryl methyl sites for hydroxylation is 1. The molecule has 0 aromatic heterocycles. The summed E-state index contributed by atoms with van der Waals surface area (Å²) in [7, 11) is 0. The highest BCUT2D eigenvalue weighted by Gasteiger charge is 2.19. The molecule has 0 saturated heterocycles. The van der Waals surface area contributed by atoms with E-state index in [1.807, 2.05) is 0 Å². The van der Waals surface area contributed by atoms with Gasteiger partial charge in [0, 0.05) is 12.1 Å². The number of hydrogen-bond donors (Lipinski definition) is 1. The van der Waals surface area contributed by atoms with E-state index in [2.05, 4.69) is 35.0 Å². The summed E-state index contributed by atoms with van der Waals surface area (Å²) >= 11 is 3.55. The van der Waals surface area contributed by atoms with E-state index < -0.39 is 0 Å². The molecule has 0 heterocycles. The summed E-state index contributed by atoms with van der Waals surface area (Å²) in [5, 5.41) is 0. The lowest BCUT2D eigenvalue weighted by atomic mass is 9.86. The summed E-state index contributed by atoms with van der Waals surface area (Å²) in [6.07, 6.45) is 3.97. The third-order valence-corrected chi connectivity index (χ3v) is 3.76. The van der Waals surface area contributed by atoms with Gasteiger partial charge in [-0.1, -0.05) is 12.5 Å². The first kappa shape index (κ1) is 11.9. The molecule has 3 heteroatoms. The van der Waals surface area contributed by atoms with Crippen LogP contribution < -0.4 is 10.5 Å². The molecule has 0 bridgehead atoms. The molecule has 16 heavy (non-hydrogen) atoms. The van der Waals surface area contributed by atoms with E-state index in [1.54, 1.807) is 0 Å². The van der Waals surface area contributed by atoms with E-state index in [9.17, 15) is 0 Å². The van der Waals surface area contributed by atoms with Crippen molar-refractivity contribution in [2.45, 2.75) is 32.7 Å². The number of rotatable bonds is 4. The molecule has 0 spiro atoms. The molecule has 1 aliphatic carbocycles. The Hall–Kier alpha value is -0.540. The highest BCUT2D eigenvalue weighted by atomic mass is 79.9. The van der Waals surface area contributed by atoms with Crippen molar-refractivity contribution in [2.24, 2.45) is 11.7 Å². The van der Waals surface area contributed by atoms with Gasteiger partial charge in [0.25, 0.3) is 0 Å². The number of benzene rings is 1. The van der Waals surface area contributed by atoms with Crippen molar-refractivity contribution in [3.63, 3.8) is 0 Å². The van der Waals surface area contributed by atoms with Gasteiger partial charge in [0.15, 0.2) is 0 Å². The van der Waals surface area contributed by atoms with Crippen LogP contribution in [-0.2, 0) is 6.54 Å². The molecule has 0 amide bonds. The average Bonchev–Trinajstić information content (AvgIpc) is 2.17. The quantitative estimate of drug-likeness (QED) is 0.919. The van der Waals surface area contributed by atoms with Gasteiger partial charge in [0.2, 0.25) is 0 Å². The molecule has 2 nitrogen and oxygen atoms in total. The zero-order valence-corrected chi connectivity index (χ0v) is 11.2. The second-order valence-electron chi connectivity index (χ2n) is 4.55. The normalized spacial score (nSPS) is 15.9. The SMILES string of the molecule is Cc1cc(Br)c(OCC2CCC2)c(CN)c1. The maximum atomic E-state index is 5.89. The van der Waals surface area contributed by atoms with E-state index in [-0.39, 0.29) is 0 Å². The Kier molecular flexibility index (Phi) is 3.87. The van der Waals surface area contributed by atoms with Crippen LogP contribution in [0.2, 0.25) is 0 Å². The first-order valence-corrected chi connectivity index (χ1v) is 6.62. The molecular formula is C13H18BrNO. The highest BCUT2D eigenvalue weighted by molar-refractivity contribution is 9.10. The van der Waals surface area contributed by atoms with Crippen molar-refractivity contribution >= 4 is 15.9 Å². The van der Waals surface area contributed by atoms with Gasteiger partial charge in [-0.2, -0.15) is 0 Å². The van der Waals surface area contributed by atoms with Crippen LogP contribution in [0.15, 0.2) is 16.6 Å². The topological polar surface area (TPSA) is 35.2 Å². The van der Waals surface area contributed by atoms with Crippen molar-refractivity contribution in [3.05, 3.63) is 27.7 Å². The molecule has 1 saturated carbocycles. The standard InChI is InChI=1S/C13H18BrNO/c1-9-5-11(7-15)13(12(14)6-9)16-8-10-3-2-4-10/h5-6,10H,2-4,7-8,15H2,1H3. The predicted octanol–water partition coefficient (Wildman–Crippen LogP) is 3.40. The lowest BCUT2D eigenvalue weighted by Crippen LogP contribution is -2.20. The molecular weight excluding hydrogens is 266 g/mol. The van der Waals surface area contributed by atoms with Gasteiger partial charge >= 0.3 is 0 Å². The van der Waals surface area contributed by atoms with Crippen LogP contribution in [0.5, 0.6) is 5.75 Å². The molecule has 2 rings (SSSR count). The summed E-state index contributed by atoms with van der Waals surface area (Å²) in [6, 6.07) is 4.18. The fourth-order valence-electron chi connectivity index (χ4n) is 1.97. The Bertz CT molecular complexity index is 374. The van der Waals surface area contributed by atoms with Crippen LogP contribution in [0.4, 0.5) is 0 Å². The smallest absolute Gasteiger partial charge is 0.137 e. The molecule has 0 radical (unpaired) electrons. The van der Waals surface area contributed by atoms with Crippen LogP contribution in [0.1, 0.15) is 30.4 Å². The number of ether oxygens (including phenoxy) is 1. The molecule has 0 aliphatic heterocycles. The van der Waals surface area contributed by atoms with Crippen LogP contribution in [0.25, 0.3) is 0 Å². The second-order valence-corrected chi connectivity index (χ2v) is 5.40. The third kappa shape index (κ3) is 2.58. The first-order valence-electron chi connectivity index (χ1n) is 5.82. The summed E-state index contributed by atoms with van der Waals surface area (Å²) in [5.41, 5.74) is 8.04. The number of hydrogen-bond acceptors (Lipinski definition) is 2. The predicted molar refractivity (Wildman–Crippen MR) is 69.6 cm³/mol. The summed E-state index contributed by atoms with van der Waals surface area (Å²) in [4.78, 5) is 0. The molecule has 1 aliphatic rings. The van der Waals surface area contributed by atoms with Crippen LogP contribution in [-0.4, -0.2) is 6.61 Å². The highest BCUT2D eigenvalue weighted by Crippen LogP contribution is 2.33. The minimum Gasteiger partial charge on any atom is -0.492 e. The monoisotopic (exact) mass is 283 g/mol. The molecule has 2 N–H and O–H groups in total. The Morgan fingerprint density at radius 1 is 1.44 bits per heavy atom.